The third-order valence-electron chi connectivity index (χ3n) is 3.30. The van der Waals surface area contributed by atoms with Crippen LogP contribution in [0.15, 0.2) is 24.3 Å². The normalized spacial score (nSPS) is 20.9. The SMILES string of the molecule is CCN1CCCC(NC)c2ccccc21. The van der Waals surface area contributed by atoms with E-state index in [1.807, 2.05) is 0 Å². The molecule has 0 aromatic heterocycles. The van der Waals surface area contributed by atoms with Crippen molar-refractivity contribution in [2.45, 2.75) is 25.8 Å². The van der Waals surface area contributed by atoms with Gasteiger partial charge in [-0.3, -0.25) is 0 Å². The zero-order valence-electron chi connectivity index (χ0n) is 9.66. The lowest BCUT2D eigenvalue weighted by molar-refractivity contribution is 0.542. The molecule has 0 fully saturated rings. The van der Waals surface area contributed by atoms with Crippen molar-refractivity contribution in [2.75, 3.05) is 25.0 Å². The first kappa shape index (κ1) is 10.5. The maximum Gasteiger partial charge on any atom is 0.0414 e. The van der Waals surface area contributed by atoms with Gasteiger partial charge < -0.3 is 10.2 Å². The molecule has 1 aliphatic rings. The molecule has 0 saturated heterocycles. The van der Waals surface area contributed by atoms with Crippen LogP contribution in [-0.2, 0) is 0 Å². The predicted molar refractivity (Wildman–Crippen MR) is 65.4 cm³/mol. The van der Waals surface area contributed by atoms with Crippen LogP contribution in [0.5, 0.6) is 0 Å². The Kier molecular flexibility index (Phi) is 3.27. The molecule has 0 saturated carbocycles. The Morgan fingerprint density at radius 1 is 1.40 bits per heavy atom. The average molecular weight is 204 g/mol. The van der Waals surface area contributed by atoms with Crippen molar-refractivity contribution in [3.05, 3.63) is 29.8 Å². The molecule has 1 aromatic carbocycles. The number of benzene rings is 1. The number of nitrogens with one attached hydrogen (secondary N) is 1. The second kappa shape index (κ2) is 4.67. The van der Waals surface area contributed by atoms with E-state index in [9.17, 15) is 0 Å². The summed E-state index contributed by atoms with van der Waals surface area (Å²) in [5.74, 6) is 0. The number of para-hydroxylation sites is 1. The highest BCUT2D eigenvalue weighted by Crippen LogP contribution is 2.32. The fraction of sp³-hybridized carbons (Fsp3) is 0.538. The summed E-state index contributed by atoms with van der Waals surface area (Å²) < 4.78 is 0. The Bertz CT molecular complexity index is 291. The average Bonchev–Trinajstić information content (AvgIpc) is 2.47. The largest absolute Gasteiger partial charge is 0.372 e. The molecule has 2 nitrogen and oxygen atoms in total. The molecular weight excluding hydrogens is 184 g/mol. The number of hydrogen-bond donors (Lipinski definition) is 1. The Balaban J connectivity index is 2.40. The van der Waals surface area contributed by atoms with Gasteiger partial charge in [0.15, 0.2) is 0 Å². The van der Waals surface area contributed by atoms with Gasteiger partial charge in [0.1, 0.15) is 0 Å². The lowest BCUT2D eigenvalue weighted by Gasteiger charge is -2.24. The summed E-state index contributed by atoms with van der Waals surface area (Å²) >= 11 is 0. The molecular formula is C13H20N2. The highest BCUT2D eigenvalue weighted by atomic mass is 15.1. The van der Waals surface area contributed by atoms with Gasteiger partial charge in [0.25, 0.3) is 0 Å². The van der Waals surface area contributed by atoms with Crippen molar-refractivity contribution in [3.8, 4) is 0 Å². The molecule has 15 heavy (non-hydrogen) atoms. The summed E-state index contributed by atoms with van der Waals surface area (Å²) in [5.41, 5.74) is 2.87. The molecule has 82 valence electrons. The zero-order chi connectivity index (χ0) is 10.7. The topological polar surface area (TPSA) is 15.3 Å². The van der Waals surface area contributed by atoms with Gasteiger partial charge in [0, 0.05) is 24.8 Å². The summed E-state index contributed by atoms with van der Waals surface area (Å²) in [5, 5.41) is 3.42. The Hall–Kier alpha value is -1.02. The summed E-state index contributed by atoms with van der Waals surface area (Å²) in [4.78, 5) is 2.48. The van der Waals surface area contributed by atoms with Gasteiger partial charge in [-0.05, 0) is 38.4 Å². The van der Waals surface area contributed by atoms with Gasteiger partial charge in [0.05, 0.1) is 0 Å². The molecule has 1 atom stereocenters. The van der Waals surface area contributed by atoms with Gasteiger partial charge >= 0.3 is 0 Å². The highest BCUT2D eigenvalue weighted by molar-refractivity contribution is 5.55. The van der Waals surface area contributed by atoms with E-state index in [2.05, 4.69) is 48.5 Å². The van der Waals surface area contributed by atoms with Crippen LogP contribution in [0.3, 0.4) is 0 Å². The Morgan fingerprint density at radius 2 is 2.20 bits per heavy atom. The third-order valence-corrected chi connectivity index (χ3v) is 3.30. The fourth-order valence-electron chi connectivity index (χ4n) is 2.46. The van der Waals surface area contributed by atoms with Crippen LogP contribution >= 0.6 is 0 Å². The van der Waals surface area contributed by atoms with Crippen molar-refractivity contribution in [2.24, 2.45) is 0 Å². The van der Waals surface area contributed by atoms with Crippen LogP contribution in [0.4, 0.5) is 5.69 Å². The minimum Gasteiger partial charge on any atom is -0.372 e. The van der Waals surface area contributed by atoms with Crippen molar-refractivity contribution >= 4 is 5.69 Å². The number of hydrogen-bond acceptors (Lipinski definition) is 2. The first-order valence-corrected chi connectivity index (χ1v) is 5.88. The minimum absolute atomic E-state index is 0.526. The van der Waals surface area contributed by atoms with Crippen LogP contribution in [0.1, 0.15) is 31.4 Å². The van der Waals surface area contributed by atoms with E-state index < -0.39 is 0 Å². The van der Waals surface area contributed by atoms with E-state index in [1.165, 1.54) is 30.6 Å². The van der Waals surface area contributed by atoms with E-state index >= 15 is 0 Å². The van der Waals surface area contributed by atoms with Crippen molar-refractivity contribution in [1.29, 1.82) is 0 Å². The summed E-state index contributed by atoms with van der Waals surface area (Å²) in [7, 11) is 2.06. The molecule has 1 heterocycles. The van der Waals surface area contributed by atoms with E-state index in [0.29, 0.717) is 6.04 Å². The first-order valence-electron chi connectivity index (χ1n) is 5.88. The van der Waals surface area contributed by atoms with Gasteiger partial charge in [-0.2, -0.15) is 0 Å². The second-order valence-corrected chi connectivity index (χ2v) is 4.12. The molecule has 0 spiro atoms. The fourth-order valence-corrected chi connectivity index (χ4v) is 2.46. The van der Waals surface area contributed by atoms with Crippen molar-refractivity contribution in [3.63, 3.8) is 0 Å². The maximum atomic E-state index is 3.42. The molecule has 2 rings (SSSR count). The standard InChI is InChI=1S/C13H20N2/c1-3-15-10-6-8-12(14-2)11-7-4-5-9-13(11)15/h4-5,7,9,12,14H,3,6,8,10H2,1-2H3. The Labute approximate surface area is 92.3 Å². The lowest BCUT2D eigenvalue weighted by Crippen LogP contribution is -2.23. The van der Waals surface area contributed by atoms with Gasteiger partial charge in [-0.1, -0.05) is 18.2 Å². The van der Waals surface area contributed by atoms with E-state index in [1.54, 1.807) is 0 Å². The van der Waals surface area contributed by atoms with E-state index in [-0.39, 0.29) is 0 Å². The molecule has 2 heteroatoms. The number of rotatable bonds is 2. The maximum absolute atomic E-state index is 3.42. The molecule has 1 aliphatic heterocycles. The summed E-state index contributed by atoms with van der Waals surface area (Å²) in [6.07, 6.45) is 2.51. The van der Waals surface area contributed by atoms with Crippen LogP contribution in [-0.4, -0.2) is 20.1 Å². The monoisotopic (exact) mass is 204 g/mol. The first-order chi connectivity index (χ1) is 7.36. The number of anilines is 1. The lowest BCUT2D eigenvalue weighted by atomic mass is 10.0. The summed E-state index contributed by atoms with van der Waals surface area (Å²) in [6.45, 7) is 4.52. The smallest absolute Gasteiger partial charge is 0.0414 e. The highest BCUT2D eigenvalue weighted by Gasteiger charge is 2.19. The third kappa shape index (κ3) is 2.00. The second-order valence-electron chi connectivity index (χ2n) is 4.12. The quantitative estimate of drug-likeness (QED) is 0.796. The van der Waals surface area contributed by atoms with Gasteiger partial charge in [0.2, 0.25) is 0 Å². The van der Waals surface area contributed by atoms with E-state index in [0.717, 1.165) is 6.54 Å². The molecule has 0 radical (unpaired) electrons. The van der Waals surface area contributed by atoms with Crippen LogP contribution < -0.4 is 10.2 Å². The number of nitrogens with zero attached hydrogens (tertiary/aromatic N) is 1. The predicted octanol–water partition coefficient (Wildman–Crippen LogP) is 2.57. The van der Waals surface area contributed by atoms with E-state index in [4.69, 9.17) is 0 Å². The molecule has 0 amide bonds. The summed E-state index contributed by atoms with van der Waals surface area (Å²) in [6, 6.07) is 9.30. The van der Waals surface area contributed by atoms with Crippen LogP contribution in [0, 0.1) is 0 Å². The van der Waals surface area contributed by atoms with Crippen molar-refractivity contribution < 1.29 is 0 Å². The number of fused-ring (bicyclic) bond motifs is 1. The van der Waals surface area contributed by atoms with Gasteiger partial charge in [-0.25, -0.2) is 0 Å². The molecule has 1 aromatic rings. The molecule has 0 aliphatic carbocycles. The zero-order valence-corrected chi connectivity index (χ0v) is 9.66. The molecule has 1 N–H and O–H groups in total. The molecule has 0 bridgehead atoms. The van der Waals surface area contributed by atoms with Crippen molar-refractivity contribution in [1.82, 2.24) is 5.32 Å². The Morgan fingerprint density at radius 3 is 2.93 bits per heavy atom. The molecule has 1 unspecified atom stereocenters. The minimum atomic E-state index is 0.526. The van der Waals surface area contributed by atoms with Crippen LogP contribution in [0.2, 0.25) is 0 Å². The van der Waals surface area contributed by atoms with Gasteiger partial charge in [-0.15, -0.1) is 0 Å². The van der Waals surface area contributed by atoms with Crippen LogP contribution in [0.25, 0.3) is 0 Å².